The molecule has 0 radical (unpaired) electrons. The van der Waals surface area contributed by atoms with Crippen molar-refractivity contribution in [2.24, 2.45) is 0 Å². The summed E-state index contributed by atoms with van der Waals surface area (Å²) in [6.45, 7) is 0. The number of aliphatic carboxylic acids is 1. The number of carboxylic acids is 1. The van der Waals surface area contributed by atoms with Crippen LogP contribution in [0.4, 0.5) is 0 Å². The summed E-state index contributed by atoms with van der Waals surface area (Å²) in [5.74, 6) is -0.732. The van der Waals surface area contributed by atoms with E-state index >= 15 is 0 Å². The Balaban J connectivity index is 1.76. The van der Waals surface area contributed by atoms with Crippen molar-refractivity contribution in [2.45, 2.75) is 50.5 Å². The highest BCUT2D eigenvalue weighted by molar-refractivity contribution is 5.66. The molecule has 1 aliphatic rings. The molecule has 2 N–H and O–H groups in total. The molecule has 1 aromatic carbocycles. The Kier molecular flexibility index (Phi) is 4.02. The molecular weight excluding hydrogens is 228 g/mol. The number of aryl methyl sites for hydroxylation is 2. The summed E-state index contributed by atoms with van der Waals surface area (Å²) in [7, 11) is 0. The van der Waals surface area contributed by atoms with E-state index in [1.54, 1.807) is 0 Å². The molecule has 98 valence electrons. The van der Waals surface area contributed by atoms with Crippen molar-refractivity contribution in [2.75, 3.05) is 0 Å². The van der Waals surface area contributed by atoms with Crippen molar-refractivity contribution in [3.05, 3.63) is 35.4 Å². The van der Waals surface area contributed by atoms with Crippen LogP contribution in [-0.2, 0) is 17.6 Å². The van der Waals surface area contributed by atoms with Crippen LogP contribution in [0.2, 0.25) is 0 Å². The van der Waals surface area contributed by atoms with E-state index in [0.717, 1.165) is 32.1 Å². The van der Waals surface area contributed by atoms with Gasteiger partial charge in [0.05, 0.1) is 5.60 Å². The zero-order chi connectivity index (χ0) is 13.0. The van der Waals surface area contributed by atoms with Crippen molar-refractivity contribution in [1.29, 1.82) is 0 Å². The van der Waals surface area contributed by atoms with Gasteiger partial charge in [-0.1, -0.05) is 24.3 Å². The Labute approximate surface area is 107 Å². The summed E-state index contributed by atoms with van der Waals surface area (Å²) < 4.78 is 0. The normalized spacial score (nSPS) is 16.5. The zero-order valence-electron chi connectivity index (χ0n) is 10.6. The summed E-state index contributed by atoms with van der Waals surface area (Å²) >= 11 is 0. The monoisotopic (exact) mass is 248 g/mol. The molecule has 3 nitrogen and oxygen atoms in total. The molecule has 3 heteroatoms. The van der Waals surface area contributed by atoms with E-state index in [0.29, 0.717) is 6.42 Å². The molecule has 0 amide bonds. The van der Waals surface area contributed by atoms with E-state index < -0.39 is 5.97 Å². The molecule has 0 unspecified atom stereocenters. The van der Waals surface area contributed by atoms with Gasteiger partial charge in [0.2, 0.25) is 0 Å². The molecule has 1 fully saturated rings. The van der Waals surface area contributed by atoms with E-state index in [9.17, 15) is 9.90 Å². The number of benzene rings is 1. The molecule has 0 aliphatic heterocycles. The van der Waals surface area contributed by atoms with Crippen molar-refractivity contribution < 1.29 is 15.0 Å². The number of aliphatic hydroxyl groups is 1. The summed E-state index contributed by atoms with van der Waals surface area (Å²) in [5, 5.41) is 18.3. The lowest BCUT2D eigenvalue weighted by atomic mass is 10.0. The molecule has 2 rings (SSSR count). The summed E-state index contributed by atoms with van der Waals surface area (Å²) in [5.41, 5.74) is 2.06. The summed E-state index contributed by atoms with van der Waals surface area (Å²) in [6, 6.07) is 8.30. The first-order chi connectivity index (χ1) is 8.57. The van der Waals surface area contributed by atoms with Crippen molar-refractivity contribution >= 4 is 5.97 Å². The van der Waals surface area contributed by atoms with Gasteiger partial charge in [0.1, 0.15) is 0 Å². The van der Waals surface area contributed by atoms with Crippen LogP contribution >= 0.6 is 0 Å². The summed E-state index contributed by atoms with van der Waals surface area (Å²) in [6.07, 6.45) is 5.40. The van der Waals surface area contributed by atoms with Gasteiger partial charge < -0.3 is 10.2 Å². The Bertz CT molecular complexity index is 404. The molecule has 0 saturated heterocycles. The molecule has 1 aliphatic carbocycles. The zero-order valence-corrected chi connectivity index (χ0v) is 10.6. The maximum atomic E-state index is 10.4. The maximum absolute atomic E-state index is 10.4. The molecule has 18 heavy (non-hydrogen) atoms. The highest BCUT2D eigenvalue weighted by atomic mass is 16.4. The Morgan fingerprint density at radius 1 is 1.11 bits per heavy atom. The van der Waals surface area contributed by atoms with Crippen molar-refractivity contribution in [3.8, 4) is 0 Å². The lowest BCUT2D eigenvalue weighted by Crippen LogP contribution is -2.07. The Hall–Kier alpha value is -1.35. The predicted octanol–water partition coefficient (Wildman–Crippen LogP) is 2.55. The Morgan fingerprint density at radius 2 is 1.67 bits per heavy atom. The molecule has 0 bridgehead atoms. The smallest absolute Gasteiger partial charge is 0.303 e. The van der Waals surface area contributed by atoms with Gasteiger partial charge in [0.25, 0.3) is 0 Å². The number of rotatable bonds is 7. The maximum Gasteiger partial charge on any atom is 0.303 e. The predicted molar refractivity (Wildman–Crippen MR) is 69.5 cm³/mol. The molecule has 0 heterocycles. The molecular formula is C15H20O3. The number of carboxylic acid groups (broad SMARTS) is 1. The molecule has 0 atom stereocenters. The second-order valence-electron chi connectivity index (χ2n) is 5.29. The first kappa shape index (κ1) is 13.1. The lowest BCUT2D eigenvalue weighted by molar-refractivity contribution is -0.137. The van der Waals surface area contributed by atoms with Crippen LogP contribution in [0.1, 0.15) is 43.2 Å². The van der Waals surface area contributed by atoms with Crippen molar-refractivity contribution in [1.82, 2.24) is 0 Å². The minimum Gasteiger partial charge on any atom is -0.481 e. The highest BCUT2D eigenvalue weighted by Gasteiger charge is 2.39. The number of carbonyl (C=O) groups is 1. The molecule has 0 spiro atoms. The van der Waals surface area contributed by atoms with E-state index in [1.165, 1.54) is 11.1 Å². The molecule has 0 aromatic heterocycles. The minimum absolute atomic E-state index is 0.231. The van der Waals surface area contributed by atoms with Crippen molar-refractivity contribution in [3.63, 3.8) is 0 Å². The molecule has 1 saturated carbocycles. The second kappa shape index (κ2) is 5.53. The summed E-state index contributed by atoms with van der Waals surface area (Å²) in [4.78, 5) is 10.4. The van der Waals surface area contributed by atoms with Gasteiger partial charge in [-0.2, -0.15) is 0 Å². The average molecular weight is 248 g/mol. The molecule has 1 aromatic rings. The standard InChI is InChI=1S/C15H20O3/c16-14(17)3-1-2-12-4-6-13(7-5-12)8-9-15(18)10-11-15/h4-7,18H,1-3,8-11H2,(H,16,17). The van der Waals surface area contributed by atoms with Gasteiger partial charge in [0.15, 0.2) is 0 Å². The first-order valence-electron chi connectivity index (χ1n) is 6.59. The van der Waals surface area contributed by atoms with Gasteiger partial charge in [-0.25, -0.2) is 0 Å². The fourth-order valence-corrected chi connectivity index (χ4v) is 2.09. The van der Waals surface area contributed by atoms with Crippen LogP contribution in [0, 0.1) is 0 Å². The van der Waals surface area contributed by atoms with E-state index in [-0.39, 0.29) is 12.0 Å². The van der Waals surface area contributed by atoms with E-state index in [1.807, 2.05) is 0 Å². The van der Waals surface area contributed by atoms with Crippen LogP contribution < -0.4 is 0 Å². The van der Waals surface area contributed by atoms with Crippen LogP contribution in [0.5, 0.6) is 0 Å². The SMILES string of the molecule is O=C(O)CCCc1ccc(CCC2(O)CC2)cc1. The third-order valence-electron chi connectivity index (χ3n) is 3.59. The fraction of sp³-hybridized carbons (Fsp3) is 0.533. The third-order valence-corrected chi connectivity index (χ3v) is 3.59. The van der Waals surface area contributed by atoms with Gasteiger partial charge in [-0.05, 0) is 49.7 Å². The van der Waals surface area contributed by atoms with Crippen LogP contribution in [0.15, 0.2) is 24.3 Å². The average Bonchev–Trinajstić information content (AvgIpc) is 3.07. The third kappa shape index (κ3) is 4.15. The minimum atomic E-state index is -0.732. The topological polar surface area (TPSA) is 57.5 Å². The van der Waals surface area contributed by atoms with Crippen LogP contribution in [0.3, 0.4) is 0 Å². The van der Waals surface area contributed by atoms with Crippen LogP contribution in [-0.4, -0.2) is 21.8 Å². The van der Waals surface area contributed by atoms with Gasteiger partial charge in [-0.3, -0.25) is 4.79 Å². The van der Waals surface area contributed by atoms with E-state index in [2.05, 4.69) is 24.3 Å². The van der Waals surface area contributed by atoms with E-state index in [4.69, 9.17) is 5.11 Å². The Morgan fingerprint density at radius 3 is 2.17 bits per heavy atom. The van der Waals surface area contributed by atoms with Gasteiger partial charge >= 0.3 is 5.97 Å². The lowest BCUT2D eigenvalue weighted by Gasteiger charge is -2.07. The number of hydrogen-bond donors (Lipinski definition) is 2. The second-order valence-corrected chi connectivity index (χ2v) is 5.29. The fourth-order valence-electron chi connectivity index (χ4n) is 2.09. The largest absolute Gasteiger partial charge is 0.481 e. The van der Waals surface area contributed by atoms with Crippen LogP contribution in [0.25, 0.3) is 0 Å². The quantitative estimate of drug-likeness (QED) is 0.779. The number of hydrogen-bond acceptors (Lipinski definition) is 2. The van der Waals surface area contributed by atoms with Gasteiger partial charge in [-0.15, -0.1) is 0 Å². The highest BCUT2D eigenvalue weighted by Crippen LogP contribution is 2.39. The van der Waals surface area contributed by atoms with Gasteiger partial charge in [0, 0.05) is 6.42 Å². The first-order valence-corrected chi connectivity index (χ1v) is 6.59.